The second-order valence-corrected chi connectivity index (χ2v) is 8.39. The predicted octanol–water partition coefficient (Wildman–Crippen LogP) is 2.86. The van der Waals surface area contributed by atoms with Gasteiger partial charge in [-0.25, -0.2) is 4.79 Å². The van der Waals surface area contributed by atoms with Crippen molar-refractivity contribution in [2.24, 2.45) is 17.8 Å². The largest absolute Gasteiger partial charge is 0.480 e. The van der Waals surface area contributed by atoms with Crippen molar-refractivity contribution in [3.05, 3.63) is 0 Å². The molecule has 2 aliphatic carbocycles. The monoisotopic (exact) mass is 366 g/mol. The number of hydrogen-bond donors (Lipinski definition) is 3. The van der Waals surface area contributed by atoms with Gasteiger partial charge in [0.1, 0.15) is 6.04 Å². The van der Waals surface area contributed by atoms with E-state index in [1.165, 1.54) is 32.1 Å². The molecule has 2 saturated carbocycles. The number of aliphatic carboxylic acids is 1. The average Bonchev–Trinajstić information content (AvgIpc) is 2.60. The number of hydrogen-bond acceptors (Lipinski definition) is 3. The molecule has 0 aromatic rings. The molecule has 0 aromatic carbocycles. The zero-order chi connectivity index (χ0) is 19.1. The van der Waals surface area contributed by atoms with Crippen molar-refractivity contribution in [3.63, 3.8) is 0 Å². The summed E-state index contributed by atoms with van der Waals surface area (Å²) in [6.07, 6.45) is 9.72. The maximum atomic E-state index is 12.3. The van der Waals surface area contributed by atoms with Crippen molar-refractivity contribution in [1.29, 1.82) is 0 Å². The molecule has 0 bridgehead atoms. The second kappa shape index (κ2) is 9.93. The van der Waals surface area contributed by atoms with Gasteiger partial charge in [0.25, 0.3) is 0 Å². The first-order valence-electron chi connectivity index (χ1n) is 10.2. The molecule has 148 valence electrons. The summed E-state index contributed by atoms with van der Waals surface area (Å²) in [4.78, 5) is 35.8. The van der Waals surface area contributed by atoms with Gasteiger partial charge >= 0.3 is 5.97 Å². The van der Waals surface area contributed by atoms with Crippen LogP contribution in [0.15, 0.2) is 0 Å². The fraction of sp³-hybridized carbons (Fsp3) is 0.850. The second-order valence-electron chi connectivity index (χ2n) is 8.39. The molecular formula is C20H34N2O4. The van der Waals surface area contributed by atoms with Crippen molar-refractivity contribution >= 4 is 17.8 Å². The van der Waals surface area contributed by atoms with Gasteiger partial charge in [-0.3, -0.25) is 9.59 Å². The van der Waals surface area contributed by atoms with Crippen molar-refractivity contribution in [1.82, 2.24) is 10.6 Å². The summed E-state index contributed by atoms with van der Waals surface area (Å²) < 4.78 is 0. The van der Waals surface area contributed by atoms with Gasteiger partial charge in [0.15, 0.2) is 0 Å². The van der Waals surface area contributed by atoms with Gasteiger partial charge < -0.3 is 15.7 Å². The maximum Gasteiger partial charge on any atom is 0.326 e. The van der Waals surface area contributed by atoms with Crippen LogP contribution in [0.2, 0.25) is 0 Å². The lowest BCUT2D eigenvalue weighted by atomic mass is 9.84. The van der Waals surface area contributed by atoms with Gasteiger partial charge in [0, 0.05) is 18.4 Å². The Morgan fingerprint density at radius 3 is 2.12 bits per heavy atom. The fourth-order valence-corrected chi connectivity index (χ4v) is 4.22. The smallest absolute Gasteiger partial charge is 0.326 e. The van der Waals surface area contributed by atoms with E-state index in [4.69, 9.17) is 0 Å². The number of carboxylic acid groups (broad SMARTS) is 1. The topological polar surface area (TPSA) is 95.5 Å². The van der Waals surface area contributed by atoms with Crippen LogP contribution in [0.5, 0.6) is 0 Å². The van der Waals surface area contributed by atoms with E-state index in [1.807, 2.05) is 0 Å². The van der Waals surface area contributed by atoms with Crippen molar-refractivity contribution < 1.29 is 19.5 Å². The van der Waals surface area contributed by atoms with E-state index in [9.17, 15) is 19.5 Å². The molecule has 6 nitrogen and oxygen atoms in total. The lowest BCUT2D eigenvalue weighted by Crippen LogP contribution is -2.48. The molecule has 2 fully saturated rings. The summed E-state index contributed by atoms with van der Waals surface area (Å²) in [5, 5.41) is 15.0. The molecule has 0 aliphatic heterocycles. The highest BCUT2D eigenvalue weighted by Gasteiger charge is 2.31. The van der Waals surface area contributed by atoms with Crippen LogP contribution in [-0.2, 0) is 14.4 Å². The van der Waals surface area contributed by atoms with Gasteiger partial charge in [-0.05, 0) is 50.4 Å². The first-order valence-corrected chi connectivity index (χ1v) is 10.2. The lowest BCUT2D eigenvalue weighted by Gasteiger charge is -2.30. The van der Waals surface area contributed by atoms with Crippen LogP contribution < -0.4 is 10.6 Å². The maximum absolute atomic E-state index is 12.3. The van der Waals surface area contributed by atoms with Gasteiger partial charge in [-0.2, -0.15) is 0 Å². The molecule has 0 spiro atoms. The van der Waals surface area contributed by atoms with Crippen molar-refractivity contribution in [2.75, 3.05) is 0 Å². The predicted molar refractivity (Wildman–Crippen MR) is 99.5 cm³/mol. The third-order valence-electron chi connectivity index (χ3n) is 5.89. The molecule has 1 atom stereocenters. The van der Waals surface area contributed by atoms with Crippen LogP contribution in [0.3, 0.4) is 0 Å². The zero-order valence-corrected chi connectivity index (χ0v) is 16.1. The van der Waals surface area contributed by atoms with E-state index in [2.05, 4.69) is 10.6 Å². The normalized spacial score (nSPS) is 25.5. The minimum Gasteiger partial charge on any atom is -0.480 e. The zero-order valence-electron chi connectivity index (χ0n) is 16.1. The fourth-order valence-electron chi connectivity index (χ4n) is 4.22. The Hall–Kier alpha value is -1.59. The molecule has 2 amide bonds. The van der Waals surface area contributed by atoms with Crippen LogP contribution in [0, 0.1) is 17.8 Å². The van der Waals surface area contributed by atoms with Crippen LogP contribution in [-0.4, -0.2) is 35.0 Å². The number of rotatable bonds is 7. The average molecular weight is 367 g/mol. The Morgan fingerprint density at radius 2 is 1.58 bits per heavy atom. The quantitative estimate of drug-likeness (QED) is 0.645. The van der Waals surface area contributed by atoms with Crippen LogP contribution >= 0.6 is 0 Å². The number of nitrogens with one attached hydrogen (secondary N) is 2. The van der Waals surface area contributed by atoms with Gasteiger partial charge in [0.05, 0.1) is 0 Å². The van der Waals surface area contributed by atoms with E-state index in [1.54, 1.807) is 13.8 Å². The SMILES string of the molecule is CC(C)[C@H](NC(=O)C1CCC(NC(=O)CC2CCCCC2)CC1)C(=O)O. The highest BCUT2D eigenvalue weighted by atomic mass is 16.4. The van der Waals surface area contributed by atoms with E-state index < -0.39 is 12.0 Å². The highest BCUT2D eigenvalue weighted by molar-refractivity contribution is 5.85. The highest BCUT2D eigenvalue weighted by Crippen LogP contribution is 2.28. The standard InChI is InChI=1S/C20H34N2O4/c1-13(2)18(20(25)26)22-19(24)15-8-10-16(11-9-15)21-17(23)12-14-6-4-3-5-7-14/h13-16,18H,3-12H2,1-2H3,(H,21,23)(H,22,24)(H,25,26)/t15?,16?,18-/m0/s1. The molecule has 2 aliphatic rings. The van der Waals surface area contributed by atoms with E-state index in [0.717, 1.165) is 12.8 Å². The minimum absolute atomic E-state index is 0.146. The lowest BCUT2D eigenvalue weighted by molar-refractivity contribution is -0.144. The molecule has 0 saturated heterocycles. The van der Waals surface area contributed by atoms with E-state index >= 15 is 0 Å². The molecule has 0 heterocycles. The summed E-state index contributed by atoms with van der Waals surface area (Å²) in [6, 6.07) is -0.689. The number of carbonyl (C=O) groups excluding carboxylic acids is 2. The summed E-state index contributed by atoms with van der Waals surface area (Å²) in [6.45, 7) is 3.58. The third-order valence-corrected chi connectivity index (χ3v) is 5.89. The van der Waals surface area contributed by atoms with Crippen LogP contribution in [0.25, 0.3) is 0 Å². The summed E-state index contributed by atoms with van der Waals surface area (Å²) in [5.41, 5.74) is 0. The molecule has 2 rings (SSSR count). The van der Waals surface area contributed by atoms with Crippen molar-refractivity contribution in [2.45, 2.75) is 90.1 Å². The first kappa shape index (κ1) is 20.7. The summed E-state index contributed by atoms with van der Waals surface area (Å²) >= 11 is 0. The number of amides is 2. The number of carboxylic acids is 1. The molecule has 3 N–H and O–H groups in total. The molecular weight excluding hydrogens is 332 g/mol. The van der Waals surface area contributed by atoms with Gasteiger partial charge in [0.2, 0.25) is 11.8 Å². The third kappa shape index (κ3) is 6.29. The summed E-state index contributed by atoms with van der Waals surface area (Å²) in [5.74, 6) is -0.769. The van der Waals surface area contributed by atoms with Gasteiger partial charge in [-0.1, -0.05) is 33.1 Å². The Labute approximate surface area is 156 Å². The Balaban J connectivity index is 1.71. The summed E-state index contributed by atoms with van der Waals surface area (Å²) in [7, 11) is 0. The van der Waals surface area contributed by atoms with E-state index in [-0.39, 0.29) is 29.7 Å². The Bertz CT molecular complexity index is 492. The van der Waals surface area contributed by atoms with Gasteiger partial charge in [-0.15, -0.1) is 0 Å². The Kier molecular flexibility index (Phi) is 7.91. The molecule has 0 unspecified atom stereocenters. The minimum atomic E-state index is -0.989. The molecule has 26 heavy (non-hydrogen) atoms. The van der Waals surface area contributed by atoms with E-state index in [0.29, 0.717) is 25.2 Å². The number of carbonyl (C=O) groups is 3. The molecule has 0 radical (unpaired) electrons. The first-order chi connectivity index (χ1) is 12.4. The van der Waals surface area contributed by atoms with Crippen LogP contribution in [0.4, 0.5) is 0 Å². The van der Waals surface area contributed by atoms with Crippen molar-refractivity contribution in [3.8, 4) is 0 Å². The molecule has 0 aromatic heterocycles. The molecule has 6 heteroatoms. The van der Waals surface area contributed by atoms with Crippen LogP contribution in [0.1, 0.15) is 78.1 Å². The Morgan fingerprint density at radius 1 is 0.962 bits per heavy atom.